The first kappa shape index (κ1) is 9.69. The molecule has 0 aliphatic rings. The molecule has 0 bridgehead atoms. The molecule has 2 heteroatoms. The van der Waals surface area contributed by atoms with Gasteiger partial charge in [0.15, 0.2) is 0 Å². The zero-order valence-corrected chi connectivity index (χ0v) is 7.09. The van der Waals surface area contributed by atoms with Crippen LogP contribution in [0.25, 0.3) is 12.2 Å². The largest absolute Gasteiger partial charge is 0.278 e. The minimum absolute atomic E-state index is 0.921. The molecule has 0 unspecified atom stereocenters. The zero-order valence-electron chi connectivity index (χ0n) is 7.09. The molecule has 1 aromatic rings. The molecule has 0 aliphatic carbocycles. The molecule has 1 aromatic heterocycles. The summed E-state index contributed by atoms with van der Waals surface area (Å²) in [7, 11) is 0. The highest BCUT2D eigenvalue weighted by molar-refractivity contribution is 5.59. The smallest absolute Gasteiger partial charge is 0.0644 e. The Hall–Kier alpha value is -1.31. The third kappa shape index (κ3) is 2.42. The van der Waals surface area contributed by atoms with E-state index in [1.165, 1.54) is 0 Å². The van der Waals surface area contributed by atoms with Gasteiger partial charge < -0.3 is 0 Å². The van der Waals surface area contributed by atoms with E-state index in [-0.39, 0.29) is 0 Å². The maximum absolute atomic E-state index is 3.80. The Morgan fingerprint density at radius 2 is 2.00 bits per heavy atom. The van der Waals surface area contributed by atoms with E-state index in [0.29, 0.717) is 0 Å². The van der Waals surface area contributed by atoms with Gasteiger partial charge in [0.1, 0.15) is 0 Å². The van der Waals surface area contributed by atoms with Crippen molar-refractivity contribution in [3.8, 4) is 0 Å². The van der Waals surface area contributed by atoms with Gasteiger partial charge in [-0.15, -0.1) is 0 Å². The standard InChI is InChI=1S/C7H8N2.C2H6/c1-3-6-5-8-9-7(6)4-2;1-2/h3-5H,1-2H2,(H,8,9);1-2H3. The van der Waals surface area contributed by atoms with E-state index < -0.39 is 0 Å². The summed E-state index contributed by atoms with van der Waals surface area (Å²) in [4.78, 5) is 0. The molecular weight excluding hydrogens is 136 g/mol. The van der Waals surface area contributed by atoms with Gasteiger partial charge in [-0.1, -0.05) is 33.1 Å². The van der Waals surface area contributed by atoms with Gasteiger partial charge >= 0.3 is 0 Å². The van der Waals surface area contributed by atoms with Crippen LogP contribution in [0.4, 0.5) is 0 Å². The van der Waals surface area contributed by atoms with Crippen LogP contribution in [0.1, 0.15) is 25.1 Å². The molecule has 1 rings (SSSR count). The third-order valence-corrected chi connectivity index (χ3v) is 1.12. The van der Waals surface area contributed by atoms with Crippen molar-refractivity contribution in [2.45, 2.75) is 13.8 Å². The molecular formula is C9H14N2. The third-order valence-electron chi connectivity index (χ3n) is 1.12. The summed E-state index contributed by atoms with van der Waals surface area (Å²) in [6, 6.07) is 0. The molecule has 0 saturated heterocycles. The van der Waals surface area contributed by atoms with Gasteiger partial charge in [0.25, 0.3) is 0 Å². The van der Waals surface area contributed by atoms with E-state index >= 15 is 0 Å². The van der Waals surface area contributed by atoms with Crippen molar-refractivity contribution >= 4 is 12.2 Å². The molecule has 11 heavy (non-hydrogen) atoms. The fourth-order valence-corrected chi connectivity index (χ4v) is 0.632. The number of aromatic amines is 1. The summed E-state index contributed by atoms with van der Waals surface area (Å²) in [5.74, 6) is 0. The molecule has 60 valence electrons. The van der Waals surface area contributed by atoms with Crippen LogP contribution in [0, 0.1) is 0 Å². The van der Waals surface area contributed by atoms with E-state index in [1.54, 1.807) is 18.3 Å². The average Bonchev–Trinajstić information content (AvgIpc) is 2.54. The van der Waals surface area contributed by atoms with Gasteiger partial charge in [-0.3, -0.25) is 5.10 Å². The number of nitrogens with zero attached hydrogens (tertiary/aromatic N) is 1. The van der Waals surface area contributed by atoms with Crippen molar-refractivity contribution in [3.63, 3.8) is 0 Å². The van der Waals surface area contributed by atoms with E-state index in [1.807, 2.05) is 13.8 Å². The highest BCUT2D eigenvalue weighted by Gasteiger charge is 1.92. The Labute approximate surface area is 67.6 Å². The second-order valence-corrected chi connectivity index (χ2v) is 1.65. The van der Waals surface area contributed by atoms with Crippen LogP contribution in [0.2, 0.25) is 0 Å². The molecule has 0 fully saturated rings. The average molecular weight is 150 g/mol. The van der Waals surface area contributed by atoms with Crippen molar-refractivity contribution in [2.75, 3.05) is 0 Å². The van der Waals surface area contributed by atoms with Crippen LogP contribution in [0.5, 0.6) is 0 Å². The Bertz CT molecular complexity index is 201. The first-order valence-corrected chi connectivity index (χ1v) is 3.66. The van der Waals surface area contributed by atoms with Crippen molar-refractivity contribution in [2.24, 2.45) is 0 Å². The van der Waals surface area contributed by atoms with Crippen LogP contribution in [-0.2, 0) is 0 Å². The highest BCUT2D eigenvalue weighted by atomic mass is 15.1. The fraction of sp³-hybridized carbons (Fsp3) is 0.222. The lowest BCUT2D eigenvalue weighted by molar-refractivity contribution is 1.08. The van der Waals surface area contributed by atoms with Crippen LogP contribution < -0.4 is 0 Å². The number of aromatic nitrogens is 2. The maximum Gasteiger partial charge on any atom is 0.0644 e. The second kappa shape index (κ2) is 5.47. The van der Waals surface area contributed by atoms with Gasteiger partial charge in [0, 0.05) is 5.56 Å². The minimum atomic E-state index is 0.921. The van der Waals surface area contributed by atoms with E-state index in [4.69, 9.17) is 0 Å². The van der Waals surface area contributed by atoms with Crippen molar-refractivity contribution in [3.05, 3.63) is 30.6 Å². The molecule has 0 aromatic carbocycles. The first-order chi connectivity index (χ1) is 5.38. The Kier molecular flexibility index (Phi) is 4.82. The van der Waals surface area contributed by atoms with E-state index in [9.17, 15) is 0 Å². The molecule has 1 N–H and O–H groups in total. The van der Waals surface area contributed by atoms with Gasteiger partial charge in [0.05, 0.1) is 11.9 Å². The SMILES string of the molecule is C=Cc1cn[nH]c1C=C.CC. The second-order valence-electron chi connectivity index (χ2n) is 1.65. The molecule has 0 saturated carbocycles. The lowest BCUT2D eigenvalue weighted by Gasteiger charge is -1.84. The fourth-order valence-electron chi connectivity index (χ4n) is 0.632. The summed E-state index contributed by atoms with van der Waals surface area (Å²) in [6.07, 6.45) is 5.16. The van der Waals surface area contributed by atoms with Crippen LogP contribution >= 0.6 is 0 Å². The quantitative estimate of drug-likeness (QED) is 0.690. The van der Waals surface area contributed by atoms with Gasteiger partial charge in [-0.2, -0.15) is 5.10 Å². The molecule has 2 nitrogen and oxygen atoms in total. The van der Waals surface area contributed by atoms with Crippen molar-refractivity contribution in [1.82, 2.24) is 10.2 Å². The minimum Gasteiger partial charge on any atom is -0.278 e. The van der Waals surface area contributed by atoms with Crippen LogP contribution in [-0.4, -0.2) is 10.2 Å². The van der Waals surface area contributed by atoms with Crippen molar-refractivity contribution < 1.29 is 0 Å². The topological polar surface area (TPSA) is 28.7 Å². The predicted molar refractivity (Wildman–Crippen MR) is 50.1 cm³/mol. The number of hydrogen-bond acceptors (Lipinski definition) is 1. The normalized spacial score (nSPS) is 7.82. The Morgan fingerprint density at radius 1 is 1.36 bits per heavy atom. The summed E-state index contributed by atoms with van der Waals surface area (Å²) < 4.78 is 0. The first-order valence-electron chi connectivity index (χ1n) is 3.66. The molecule has 0 radical (unpaired) electrons. The number of H-pyrrole nitrogens is 1. The summed E-state index contributed by atoms with van der Waals surface area (Å²) in [5.41, 5.74) is 1.91. The molecule has 0 amide bonds. The predicted octanol–water partition coefficient (Wildman–Crippen LogP) is 2.72. The molecule has 1 heterocycles. The molecule has 0 atom stereocenters. The van der Waals surface area contributed by atoms with E-state index in [0.717, 1.165) is 11.3 Å². The summed E-state index contributed by atoms with van der Waals surface area (Å²) >= 11 is 0. The Morgan fingerprint density at radius 3 is 2.36 bits per heavy atom. The number of rotatable bonds is 2. The van der Waals surface area contributed by atoms with Gasteiger partial charge in [-0.25, -0.2) is 0 Å². The van der Waals surface area contributed by atoms with Crippen LogP contribution in [0.3, 0.4) is 0 Å². The Balaban J connectivity index is 0.000000461. The highest BCUT2D eigenvalue weighted by Crippen LogP contribution is 2.05. The van der Waals surface area contributed by atoms with Gasteiger partial charge in [-0.05, 0) is 6.08 Å². The maximum atomic E-state index is 3.80. The number of hydrogen-bond donors (Lipinski definition) is 1. The van der Waals surface area contributed by atoms with Gasteiger partial charge in [0.2, 0.25) is 0 Å². The lowest BCUT2D eigenvalue weighted by atomic mass is 10.2. The van der Waals surface area contributed by atoms with E-state index in [2.05, 4.69) is 23.4 Å². The van der Waals surface area contributed by atoms with Crippen molar-refractivity contribution in [1.29, 1.82) is 0 Å². The zero-order chi connectivity index (χ0) is 8.69. The number of nitrogens with one attached hydrogen (secondary N) is 1. The van der Waals surface area contributed by atoms with Crippen LogP contribution in [0.15, 0.2) is 19.4 Å². The molecule has 0 aliphatic heterocycles. The monoisotopic (exact) mass is 150 g/mol. The summed E-state index contributed by atoms with van der Waals surface area (Å²) in [5, 5.41) is 6.56. The lowest BCUT2D eigenvalue weighted by Crippen LogP contribution is -1.72. The molecule has 0 spiro atoms. The summed E-state index contributed by atoms with van der Waals surface area (Å²) in [6.45, 7) is 11.2.